The first kappa shape index (κ1) is 28.6. The number of ether oxygens (including phenoxy) is 1. The van der Waals surface area contributed by atoms with Gasteiger partial charge in [-0.3, -0.25) is 14.3 Å². The lowest BCUT2D eigenvalue weighted by Crippen LogP contribution is -2.56. The maximum absolute atomic E-state index is 12.6. The van der Waals surface area contributed by atoms with Gasteiger partial charge in [-0.2, -0.15) is 18.4 Å². The third-order valence-corrected chi connectivity index (χ3v) is 7.93. The zero-order valence-corrected chi connectivity index (χ0v) is 19.4. The zero-order chi connectivity index (χ0) is 26.1. The van der Waals surface area contributed by atoms with E-state index in [1.165, 1.54) is 0 Å². The number of nitrogens with one attached hydrogen (secondary N) is 1. The molecule has 1 aliphatic heterocycles. The van der Waals surface area contributed by atoms with E-state index in [-0.39, 0.29) is 0 Å². The van der Waals surface area contributed by atoms with Crippen LogP contribution in [-0.4, -0.2) is 70.0 Å². The molecule has 7 atom stereocenters. The van der Waals surface area contributed by atoms with Crippen LogP contribution >= 0.6 is 23.5 Å². The van der Waals surface area contributed by atoms with Gasteiger partial charge in [-0.05, 0) is 6.92 Å². The molecule has 0 radical (unpaired) electrons. The van der Waals surface area contributed by atoms with E-state index in [1.807, 2.05) is 10.9 Å². The molecular formula is C12H18FN4O14P3. The van der Waals surface area contributed by atoms with Crippen LogP contribution in [0.4, 0.5) is 4.39 Å². The standard InChI is InChI=1S/C12H18FN4O14P3/c1-6(29-33(24,25)31-34(26,27)30-32(21,22)23)8-9(19)12(14,3-2-4-13)10(28-8)17-11(20)16-7(18)5-15-17/h5-6,8-10,19H,4,14H2,1H3,(H,24,25)(H,26,27)(H,16,18,20)(H2,21,22,23)/t6-,8-,9+,10-,12?/m1/s1. The van der Waals surface area contributed by atoms with Gasteiger partial charge in [-0.1, -0.05) is 11.8 Å². The molecule has 0 saturated carbocycles. The van der Waals surface area contributed by atoms with Gasteiger partial charge in [0.15, 0.2) is 11.8 Å². The number of aliphatic hydroxyl groups is 1. The Kier molecular flexibility index (Phi) is 8.56. The van der Waals surface area contributed by atoms with E-state index in [9.17, 15) is 42.6 Å². The third kappa shape index (κ3) is 6.97. The maximum atomic E-state index is 12.6. The molecule has 2 rings (SSSR count). The van der Waals surface area contributed by atoms with Crippen molar-refractivity contribution < 1.29 is 60.6 Å². The van der Waals surface area contributed by atoms with Crippen molar-refractivity contribution in [3.8, 4) is 11.8 Å². The SMILES string of the molecule is C[C@@H](OP(=O)(O)OP(=O)(O)OP(=O)(O)O)[C@H]1O[C@@H](n2ncc(=O)[nH]c2=O)C(N)(C#CCF)[C@H]1O. The van der Waals surface area contributed by atoms with Gasteiger partial charge in [0.1, 0.15) is 25.1 Å². The molecule has 8 N–H and O–H groups in total. The highest BCUT2D eigenvalue weighted by atomic mass is 31.3. The predicted octanol–water partition coefficient (Wildman–Crippen LogP) is -2.41. The molecule has 1 fully saturated rings. The van der Waals surface area contributed by atoms with Gasteiger partial charge in [-0.25, -0.2) is 22.9 Å². The summed E-state index contributed by atoms with van der Waals surface area (Å²) in [5.41, 5.74) is 1.63. The number of nitrogens with two attached hydrogens (primary N) is 1. The number of phosphoric ester groups is 1. The number of hydrogen-bond donors (Lipinski definition) is 7. The lowest BCUT2D eigenvalue weighted by molar-refractivity contribution is -0.0794. The molecule has 18 nitrogen and oxygen atoms in total. The van der Waals surface area contributed by atoms with E-state index in [2.05, 4.69) is 24.2 Å². The first-order valence-corrected chi connectivity index (χ1v) is 13.1. The summed E-state index contributed by atoms with van der Waals surface area (Å²) in [4.78, 5) is 61.2. The Morgan fingerprint density at radius 2 is 1.91 bits per heavy atom. The summed E-state index contributed by atoms with van der Waals surface area (Å²) in [6, 6.07) is 0. The van der Waals surface area contributed by atoms with Crippen LogP contribution in [0.25, 0.3) is 0 Å². The molecule has 0 spiro atoms. The van der Waals surface area contributed by atoms with Gasteiger partial charge < -0.3 is 35.2 Å². The molecule has 1 aromatic rings. The molecular weight excluding hydrogens is 536 g/mol. The number of aromatic amines is 1. The number of alkyl halides is 1. The number of hydrogen-bond acceptors (Lipinski definition) is 12. The Morgan fingerprint density at radius 1 is 1.29 bits per heavy atom. The minimum Gasteiger partial charge on any atom is -0.387 e. The van der Waals surface area contributed by atoms with Crippen LogP contribution in [0.2, 0.25) is 0 Å². The maximum Gasteiger partial charge on any atom is 0.490 e. The summed E-state index contributed by atoms with van der Waals surface area (Å²) in [5, 5.41) is 14.2. The lowest BCUT2D eigenvalue weighted by atomic mass is 9.90. The largest absolute Gasteiger partial charge is 0.490 e. The van der Waals surface area contributed by atoms with Crippen LogP contribution < -0.4 is 17.0 Å². The van der Waals surface area contributed by atoms with Crippen molar-refractivity contribution in [2.24, 2.45) is 5.73 Å². The molecule has 192 valence electrons. The molecule has 1 aromatic heterocycles. The molecule has 2 heterocycles. The highest BCUT2D eigenvalue weighted by molar-refractivity contribution is 7.66. The second kappa shape index (κ2) is 10.2. The Balaban J connectivity index is 2.35. The summed E-state index contributed by atoms with van der Waals surface area (Å²) in [5.74, 6) is 4.06. The Hall–Kier alpha value is -1.61. The first-order valence-electron chi connectivity index (χ1n) is 8.59. The molecule has 0 aromatic carbocycles. The normalized spacial score (nSPS) is 29.5. The molecule has 34 heavy (non-hydrogen) atoms. The second-order valence-corrected chi connectivity index (χ2v) is 10.9. The molecule has 1 saturated heterocycles. The molecule has 1 aliphatic rings. The number of halogens is 1. The smallest absolute Gasteiger partial charge is 0.387 e. The summed E-state index contributed by atoms with van der Waals surface area (Å²) >= 11 is 0. The van der Waals surface area contributed by atoms with Crippen molar-refractivity contribution in [1.29, 1.82) is 0 Å². The fraction of sp³-hybridized carbons (Fsp3) is 0.583. The highest BCUT2D eigenvalue weighted by Gasteiger charge is 2.58. The van der Waals surface area contributed by atoms with Gasteiger partial charge in [0, 0.05) is 0 Å². The minimum absolute atomic E-state index is 0.440. The van der Waals surface area contributed by atoms with Gasteiger partial charge in [0.2, 0.25) is 0 Å². The number of rotatable bonds is 8. The molecule has 22 heteroatoms. The minimum atomic E-state index is -5.83. The van der Waals surface area contributed by atoms with E-state index in [0.717, 1.165) is 6.92 Å². The van der Waals surface area contributed by atoms with E-state index >= 15 is 0 Å². The van der Waals surface area contributed by atoms with Crippen LogP contribution in [0.5, 0.6) is 0 Å². The van der Waals surface area contributed by atoms with Gasteiger partial charge >= 0.3 is 29.2 Å². The van der Waals surface area contributed by atoms with Crippen molar-refractivity contribution in [2.45, 2.75) is 37.0 Å². The Labute approximate surface area is 187 Å². The number of nitrogens with zero attached hydrogens (tertiary/aromatic N) is 2. The lowest BCUT2D eigenvalue weighted by Gasteiger charge is -2.27. The van der Waals surface area contributed by atoms with Crippen molar-refractivity contribution in [3.63, 3.8) is 0 Å². The van der Waals surface area contributed by atoms with Crippen molar-refractivity contribution in [2.75, 3.05) is 6.67 Å². The van der Waals surface area contributed by atoms with E-state index in [4.69, 9.17) is 20.3 Å². The van der Waals surface area contributed by atoms with E-state index in [1.54, 1.807) is 0 Å². The van der Waals surface area contributed by atoms with Gasteiger partial charge in [-0.15, -0.1) is 0 Å². The first-order chi connectivity index (χ1) is 15.4. The monoisotopic (exact) mass is 554 g/mol. The van der Waals surface area contributed by atoms with Crippen molar-refractivity contribution >= 4 is 23.5 Å². The van der Waals surface area contributed by atoms with Crippen LogP contribution in [0, 0.1) is 11.8 Å². The summed E-state index contributed by atoms with van der Waals surface area (Å²) in [7, 11) is -17.1. The second-order valence-electron chi connectivity index (χ2n) is 6.55. The average molecular weight is 554 g/mol. The molecule has 0 aliphatic carbocycles. The van der Waals surface area contributed by atoms with Crippen LogP contribution in [0.3, 0.4) is 0 Å². The number of aliphatic hydroxyl groups excluding tert-OH is 1. The van der Waals surface area contributed by atoms with Crippen LogP contribution in [0.15, 0.2) is 15.8 Å². The fourth-order valence-electron chi connectivity index (χ4n) is 2.80. The van der Waals surface area contributed by atoms with E-state index in [0.29, 0.717) is 10.9 Å². The molecule has 0 amide bonds. The zero-order valence-electron chi connectivity index (χ0n) is 16.7. The van der Waals surface area contributed by atoms with Crippen molar-refractivity contribution in [3.05, 3.63) is 27.0 Å². The Morgan fingerprint density at radius 3 is 2.44 bits per heavy atom. The number of aromatic nitrogens is 3. The van der Waals surface area contributed by atoms with Crippen LogP contribution in [-0.2, 0) is 31.6 Å². The summed E-state index contributed by atoms with van der Waals surface area (Å²) < 4.78 is 64.4. The summed E-state index contributed by atoms with van der Waals surface area (Å²) in [6.07, 6.45) is -6.72. The summed E-state index contributed by atoms with van der Waals surface area (Å²) in [6.45, 7) is -0.283. The van der Waals surface area contributed by atoms with Gasteiger partial charge in [0.25, 0.3) is 5.56 Å². The number of phosphoric acid groups is 3. The van der Waals surface area contributed by atoms with Gasteiger partial charge in [0.05, 0.1) is 6.10 Å². The van der Waals surface area contributed by atoms with Crippen LogP contribution in [0.1, 0.15) is 13.2 Å². The third-order valence-electron chi connectivity index (χ3n) is 4.00. The highest BCUT2D eigenvalue weighted by Crippen LogP contribution is 2.66. The molecule has 3 unspecified atom stereocenters. The number of H-pyrrole nitrogens is 1. The predicted molar refractivity (Wildman–Crippen MR) is 104 cm³/mol. The fourth-order valence-corrected chi connectivity index (χ4v) is 6.00. The topological polar surface area (TPSA) is 283 Å². The quantitative estimate of drug-likeness (QED) is 0.130. The Bertz CT molecular complexity index is 1240. The van der Waals surface area contributed by atoms with E-state index < -0.39 is 71.5 Å². The average Bonchev–Trinajstić information content (AvgIpc) is 2.88. The molecule has 0 bridgehead atoms. The van der Waals surface area contributed by atoms with Crippen molar-refractivity contribution in [1.82, 2.24) is 14.8 Å².